The van der Waals surface area contributed by atoms with Gasteiger partial charge in [-0.15, -0.1) is 0 Å². The number of azide groups is 1. The molecule has 12 heteroatoms. The minimum atomic E-state index is -2.20. The van der Waals surface area contributed by atoms with Crippen LogP contribution in [0.2, 0.25) is 54.4 Å². The number of esters is 1. The molecule has 0 radical (unpaired) electrons. The van der Waals surface area contributed by atoms with Gasteiger partial charge >= 0.3 is 5.97 Å². The highest BCUT2D eigenvalue weighted by Crippen LogP contribution is 2.39. The minimum absolute atomic E-state index is 0.0576. The molecule has 0 aliphatic carbocycles. The standard InChI is InChI=1S/C27H57N3O6Si3/c1-11-32-27(31)26-25(36-39(18-8,19-9)20-10)24(35-38(15-5,16-6)17-7)23(22(33-26)21-29-30-28)34-37(12-2,13-3)14-4/h22-26H,11-21H2,1-10H3/t22?,23-,24+,25-,26?/m1/s1. The van der Waals surface area contributed by atoms with Gasteiger partial charge in [-0.2, -0.15) is 0 Å². The fourth-order valence-corrected chi connectivity index (χ4v) is 14.4. The number of hydrogen-bond acceptors (Lipinski definition) is 7. The van der Waals surface area contributed by atoms with E-state index in [9.17, 15) is 10.3 Å². The SMILES string of the molecule is CCOC(=O)C1OC(CN=[N+]=[N-])[C@@H](O[Si](CC)(CC)CC)[C@H](O[Si](CC)(CC)CC)[C@H]1O[Si](CC)(CC)CC. The van der Waals surface area contributed by atoms with E-state index in [1.54, 1.807) is 6.92 Å². The van der Waals surface area contributed by atoms with Crippen LogP contribution < -0.4 is 0 Å². The lowest BCUT2D eigenvalue weighted by atomic mass is 9.95. The van der Waals surface area contributed by atoms with Crippen LogP contribution in [0.5, 0.6) is 0 Å². The van der Waals surface area contributed by atoms with Gasteiger partial charge in [0.15, 0.2) is 31.1 Å². The van der Waals surface area contributed by atoms with E-state index in [0.29, 0.717) is 0 Å². The molecule has 0 aromatic carbocycles. The first-order valence-electron chi connectivity index (χ1n) is 15.5. The van der Waals surface area contributed by atoms with Gasteiger partial charge in [-0.3, -0.25) is 0 Å². The lowest BCUT2D eigenvalue weighted by molar-refractivity contribution is -0.218. The van der Waals surface area contributed by atoms with E-state index < -0.39 is 61.4 Å². The van der Waals surface area contributed by atoms with Crippen molar-refractivity contribution in [3.8, 4) is 0 Å². The summed E-state index contributed by atoms with van der Waals surface area (Å²) in [5.74, 6) is -0.451. The molecule has 1 aliphatic rings. The number of ether oxygens (including phenoxy) is 2. The first-order chi connectivity index (χ1) is 18.6. The molecule has 0 amide bonds. The Bertz CT molecular complexity index is 749. The van der Waals surface area contributed by atoms with Gasteiger partial charge in [0.2, 0.25) is 0 Å². The maximum atomic E-state index is 13.5. The fraction of sp³-hybridized carbons (Fsp3) is 0.963. The minimum Gasteiger partial charge on any atom is -0.464 e. The molecule has 9 nitrogen and oxygen atoms in total. The molecule has 1 rings (SSSR count). The zero-order valence-electron chi connectivity index (χ0n) is 26.5. The Kier molecular flexibility index (Phi) is 16.1. The van der Waals surface area contributed by atoms with Crippen molar-refractivity contribution in [1.29, 1.82) is 0 Å². The Morgan fingerprint density at radius 2 is 1.08 bits per heavy atom. The van der Waals surface area contributed by atoms with Crippen molar-refractivity contribution in [2.75, 3.05) is 13.2 Å². The van der Waals surface area contributed by atoms with Crippen LogP contribution in [0.3, 0.4) is 0 Å². The predicted molar refractivity (Wildman–Crippen MR) is 166 cm³/mol. The number of carbonyl (C=O) groups excluding carboxylic acids is 1. The van der Waals surface area contributed by atoms with Gasteiger partial charge in [0.1, 0.15) is 12.2 Å². The summed E-state index contributed by atoms with van der Waals surface area (Å²) in [6.07, 6.45) is -3.24. The second-order valence-corrected chi connectivity index (χ2v) is 24.9. The number of rotatable bonds is 19. The van der Waals surface area contributed by atoms with Gasteiger partial charge < -0.3 is 22.8 Å². The third-order valence-electron chi connectivity index (χ3n) is 9.43. The van der Waals surface area contributed by atoms with Crippen molar-refractivity contribution in [3.05, 3.63) is 10.4 Å². The van der Waals surface area contributed by atoms with Crippen LogP contribution in [0.15, 0.2) is 5.11 Å². The first-order valence-corrected chi connectivity index (χ1v) is 23.1. The smallest absolute Gasteiger partial charge is 0.338 e. The van der Waals surface area contributed by atoms with Crippen LogP contribution in [-0.2, 0) is 27.5 Å². The van der Waals surface area contributed by atoms with E-state index in [1.807, 2.05) is 0 Å². The van der Waals surface area contributed by atoms with Crippen molar-refractivity contribution in [2.24, 2.45) is 5.11 Å². The quantitative estimate of drug-likeness (QED) is 0.0489. The summed E-state index contributed by atoms with van der Waals surface area (Å²) in [5.41, 5.74) is 9.22. The summed E-state index contributed by atoms with van der Waals surface area (Å²) >= 11 is 0. The highest BCUT2D eigenvalue weighted by Gasteiger charge is 2.56. The topological polar surface area (TPSA) is 112 Å². The van der Waals surface area contributed by atoms with Crippen molar-refractivity contribution < 1.29 is 27.5 Å². The normalized spacial score (nSPS) is 24.3. The summed E-state index contributed by atoms with van der Waals surface area (Å²) in [7, 11) is -6.54. The van der Waals surface area contributed by atoms with Gasteiger partial charge in [-0.1, -0.05) is 67.4 Å². The van der Waals surface area contributed by atoms with E-state index in [0.717, 1.165) is 54.4 Å². The number of carbonyl (C=O) groups is 1. The highest BCUT2D eigenvalue weighted by atomic mass is 28.4. The molecule has 0 bridgehead atoms. The van der Waals surface area contributed by atoms with Crippen LogP contribution in [0.25, 0.3) is 10.4 Å². The summed E-state index contributed by atoms with van der Waals surface area (Å²) in [4.78, 5) is 16.5. The molecule has 0 saturated carbocycles. The molecular formula is C27H57N3O6Si3. The Hall–Kier alpha value is -0.729. The van der Waals surface area contributed by atoms with Crippen molar-refractivity contribution in [2.45, 2.75) is 154 Å². The van der Waals surface area contributed by atoms with Crippen LogP contribution in [-0.4, -0.2) is 74.6 Å². The first kappa shape index (κ1) is 36.3. The summed E-state index contributed by atoms with van der Waals surface area (Å²) in [5, 5.41) is 3.90. The average molecular weight is 604 g/mol. The fourth-order valence-electron chi connectivity index (χ4n) is 5.86. The largest absolute Gasteiger partial charge is 0.464 e. The second-order valence-electron chi connectivity index (χ2n) is 10.7. The van der Waals surface area contributed by atoms with Crippen molar-refractivity contribution in [1.82, 2.24) is 0 Å². The van der Waals surface area contributed by atoms with Crippen LogP contribution in [0.1, 0.15) is 69.2 Å². The third-order valence-corrected chi connectivity index (χ3v) is 23.3. The molecule has 0 N–H and O–H groups in total. The maximum Gasteiger partial charge on any atom is 0.338 e. The Morgan fingerprint density at radius 3 is 1.44 bits per heavy atom. The summed E-state index contributed by atoms with van der Waals surface area (Å²) in [6, 6.07) is 8.54. The molecule has 228 valence electrons. The second kappa shape index (κ2) is 17.3. The van der Waals surface area contributed by atoms with Crippen molar-refractivity contribution >= 4 is 30.9 Å². The zero-order valence-corrected chi connectivity index (χ0v) is 29.5. The Morgan fingerprint density at radius 1 is 0.692 bits per heavy atom. The molecule has 1 heterocycles. The molecule has 39 heavy (non-hydrogen) atoms. The average Bonchev–Trinajstić information content (AvgIpc) is 2.98. The van der Waals surface area contributed by atoms with E-state index in [-0.39, 0.29) is 13.2 Å². The van der Waals surface area contributed by atoms with Crippen molar-refractivity contribution in [3.63, 3.8) is 0 Å². The van der Waals surface area contributed by atoms with E-state index in [2.05, 4.69) is 72.3 Å². The van der Waals surface area contributed by atoms with Gasteiger partial charge in [0.25, 0.3) is 0 Å². The number of nitrogens with zero attached hydrogens (tertiary/aromatic N) is 3. The molecule has 5 atom stereocenters. The van der Waals surface area contributed by atoms with E-state index in [1.165, 1.54) is 0 Å². The van der Waals surface area contributed by atoms with Gasteiger partial charge in [0, 0.05) is 4.91 Å². The van der Waals surface area contributed by atoms with E-state index in [4.69, 9.17) is 22.8 Å². The Balaban J connectivity index is 3.92. The molecular weight excluding hydrogens is 547 g/mol. The monoisotopic (exact) mass is 603 g/mol. The van der Waals surface area contributed by atoms with Crippen LogP contribution >= 0.6 is 0 Å². The van der Waals surface area contributed by atoms with Gasteiger partial charge in [-0.25, -0.2) is 4.79 Å². The predicted octanol–water partition coefficient (Wildman–Crippen LogP) is 7.80. The lowest BCUT2D eigenvalue weighted by Crippen LogP contribution is -2.68. The highest BCUT2D eigenvalue weighted by molar-refractivity contribution is 6.74. The molecule has 1 saturated heterocycles. The van der Waals surface area contributed by atoms with Gasteiger partial charge in [0.05, 0.1) is 25.4 Å². The molecule has 0 aromatic rings. The van der Waals surface area contributed by atoms with Crippen LogP contribution in [0, 0.1) is 0 Å². The third kappa shape index (κ3) is 8.88. The number of hydrogen-bond donors (Lipinski definition) is 0. The molecule has 1 fully saturated rings. The molecule has 0 aromatic heterocycles. The maximum absolute atomic E-state index is 13.5. The summed E-state index contributed by atoms with van der Waals surface area (Å²) in [6.45, 7) is 21.9. The summed E-state index contributed by atoms with van der Waals surface area (Å²) < 4.78 is 33.7. The molecule has 2 unspecified atom stereocenters. The lowest BCUT2D eigenvalue weighted by Gasteiger charge is -2.52. The van der Waals surface area contributed by atoms with Crippen LogP contribution in [0.4, 0.5) is 0 Å². The molecule has 0 spiro atoms. The van der Waals surface area contributed by atoms with E-state index >= 15 is 0 Å². The zero-order chi connectivity index (χ0) is 29.7. The molecule has 1 aliphatic heterocycles. The Labute approximate surface area is 241 Å². The van der Waals surface area contributed by atoms with Gasteiger partial charge in [-0.05, 0) is 66.9 Å².